The van der Waals surface area contributed by atoms with Crippen molar-refractivity contribution in [2.24, 2.45) is 7.05 Å². The molecule has 0 saturated carbocycles. The second-order valence-corrected chi connectivity index (χ2v) is 6.17. The Labute approximate surface area is 113 Å². The van der Waals surface area contributed by atoms with Crippen LogP contribution in [0.25, 0.3) is 0 Å². The molecule has 1 aromatic carbocycles. The molecule has 0 atom stereocenters. The van der Waals surface area contributed by atoms with Crippen molar-refractivity contribution in [1.82, 2.24) is 9.78 Å². The Bertz CT molecular complexity index is 681. The number of hydrogen-bond acceptors (Lipinski definition) is 4. The molecule has 0 aliphatic carbocycles. The van der Waals surface area contributed by atoms with E-state index < -0.39 is 10.0 Å². The van der Waals surface area contributed by atoms with Crippen LogP contribution >= 0.6 is 15.9 Å². The van der Waals surface area contributed by atoms with Gasteiger partial charge in [-0.1, -0.05) is 0 Å². The number of hydrogen-bond donors (Lipinski definition) is 2. The molecule has 2 aromatic rings. The van der Waals surface area contributed by atoms with E-state index in [1.54, 1.807) is 19.2 Å². The molecule has 0 aliphatic rings. The number of rotatable bonds is 3. The summed E-state index contributed by atoms with van der Waals surface area (Å²) in [5.74, 6) is 0.386. The minimum absolute atomic E-state index is 0.101. The lowest BCUT2D eigenvalue weighted by molar-refractivity contribution is 0.600. The van der Waals surface area contributed by atoms with Crippen molar-refractivity contribution < 1.29 is 8.42 Å². The third kappa shape index (κ3) is 2.49. The van der Waals surface area contributed by atoms with Crippen LogP contribution in [0.4, 0.5) is 11.5 Å². The number of nitrogens with one attached hydrogen (secondary N) is 1. The summed E-state index contributed by atoms with van der Waals surface area (Å²) >= 11 is 3.21. The molecule has 96 valence electrons. The van der Waals surface area contributed by atoms with Crippen LogP contribution in [0.3, 0.4) is 0 Å². The van der Waals surface area contributed by atoms with E-state index in [-0.39, 0.29) is 4.90 Å². The zero-order valence-corrected chi connectivity index (χ0v) is 11.9. The number of nitrogens with zero attached hydrogens (tertiary/aromatic N) is 2. The number of aromatic nitrogens is 2. The maximum Gasteiger partial charge on any atom is 0.263 e. The molecule has 0 bridgehead atoms. The van der Waals surface area contributed by atoms with E-state index in [1.165, 1.54) is 23.0 Å². The van der Waals surface area contributed by atoms with Crippen LogP contribution in [-0.4, -0.2) is 18.2 Å². The van der Waals surface area contributed by atoms with Crippen LogP contribution < -0.4 is 10.5 Å². The molecule has 0 spiro atoms. The van der Waals surface area contributed by atoms with Crippen LogP contribution in [0.15, 0.2) is 39.8 Å². The Morgan fingerprint density at radius 2 is 2.11 bits per heavy atom. The van der Waals surface area contributed by atoms with Crippen LogP contribution in [0.5, 0.6) is 0 Å². The lowest BCUT2D eigenvalue weighted by Crippen LogP contribution is -2.15. The van der Waals surface area contributed by atoms with Crippen molar-refractivity contribution >= 4 is 37.5 Å². The van der Waals surface area contributed by atoms with Gasteiger partial charge in [0.25, 0.3) is 10.0 Å². The lowest BCUT2D eigenvalue weighted by atomic mass is 10.3. The minimum atomic E-state index is -3.66. The van der Waals surface area contributed by atoms with E-state index in [0.717, 1.165) is 0 Å². The standard InChI is InChI=1S/C10H11BrN4O2S/c1-15-10(4-5-13-15)14-18(16,17)7-2-3-8(11)9(12)6-7/h2-6,14H,12H2,1H3. The van der Waals surface area contributed by atoms with Gasteiger partial charge in [0.1, 0.15) is 5.82 Å². The first-order valence-electron chi connectivity index (χ1n) is 4.96. The van der Waals surface area contributed by atoms with Gasteiger partial charge in [-0.05, 0) is 34.1 Å². The first kappa shape index (κ1) is 12.9. The predicted molar refractivity (Wildman–Crippen MR) is 72.6 cm³/mol. The Morgan fingerprint density at radius 1 is 1.39 bits per heavy atom. The molecular formula is C10H11BrN4O2S. The van der Waals surface area contributed by atoms with Crippen molar-refractivity contribution in [3.63, 3.8) is 0 Å². The number of benzene rings is 1. The molecule has 0 unspecified atom stereocenters. The highest BCUT2D eigenvalue weighted by Crippen LogP contribution is 2.24. The molecule has 18 heavy (non-hydrogen) atoms. The van der Waals surface area contributed by atoms with Gasteiger partial charge in [-0.25, -0.2) is 8.42 Å². The summed E-state index contributed by atoms with van der Waals surface area (Å²) in [7, 11) is -2.01. The quantitative estimate of drug-likeness (QED) is 0.836. The molecule has 0 amide bonds. The van der Waals surface area contributed by atoms with Crippen molar-refractivity contribution in [3.05, 3.63) is 34.9 Å². The summed E-state index contributed by atoms with van der Waals surface area (Å²) in [5.41, 5.74) is 6.03. The van der Waals surface area contributed by atoms with E-state index in [1.807, 2.05) is 0 Å². The van der Waals surface area contributed by atoms with Crippen molar-refractivity contribution in [3.8, 4) is 0 Å². The van der Waals surface area contributed by atoms with Gasteiger partial charge >= 0.3 is 0 Å². The van der Waals surface area contributed by atoms with E-state index in [0.29, 0.717) is 16.0 Å². The smallest absolute Gasteiger partial charge is 0.263 e. The van der Waals surface area contributed by atoms with Gasteiger partial charge in [0, 0.05) is 23.3 Å². The largest absolute Gasteiger partial charge is 0.398 e. The maximum absolute atomic E-state index is 12.1. The van der Waals surface area contributed by atoms with Gasteiger partial charge in [-0.2, -0.15) is 5.10 Å². The summed E-state index contributed by atoms with van der Waals surface area (Å²) in [4.78, 5) is 0.101. The Hall–Kier alpha value is -1.54. The fourth-order valence-electron chi connectivity index (χ4n) is 1.36. The average Bonchev–Trinajstić information content (AvgIpc) is 2.67. The van der Waals surface area contributed by atoms with Gasteiger partial charge in [0.2, 0.25) is 0 Å². The van der Waals surface area contributed by atoms with Gasteiger partial charge in [-0.15, -0.1) is 0 Å². The van der Waals surface area contributed by atoms with Gasteiger partial charge < -0.3 is 5.73 Å². The molecule has 3 N–H and O–H groups in total. The number of aryl methyl sites for hydroxylation is 1. The second-order valence-electron chi connectivity index (χ2n) is 3.63. The summed E-state index contributed by atoms with van der Waals surface area (Å²) in [6.45, 7) is 0. The zero-order chi connectivity index (χ0) is 13.3. The number of nitrogens with two attached hydrogens (primary N) is 1. The van der Waals surface area contributed by atoms with Gasteiger partial charge in [0.05, 0.1) is 11.1 Å². The predicted octanol–water partition coefficient (Wildman–Crippen LogP) is 1.57. The molecule has 0 saturated heterocycles. The third-order valence-electron chi connectivity index (χ3n) is 2.34. The van der Waals surface area contributed by atoms with Crippen LogP contribution in [-0.2, 0) is 17.1 Å². The monoisotopic (exact) mass is 330 g/mol. The highest BCUT2D eigenvalue weighted by atomic mass is 79.9. The molecule has 2 rings (SSSR count). The van der Waals surface area contributed by atoms with Gasteiger partial charge in [0.15, 0.2) is 0 Å². The second kappa shape index (κ2) is 4.62. The van der Waals surface area contributed by atoms with E-state index >= 15 is 0 Å². The minimum Gasteiger partial charge on any atom is -0.398 e. The molecule has 0 fully saturated rings. The molecule has 8 heteroatoms. The first-order chi connectivity index (χ1) is 8.40. The SMILES string of the molecule is Cn1nccc1NS(=O)(=O)c1ccc(Br)c(N)c1. The number of anilines is 2. The highest BCUT2D eigenvalue weighted by Gasteiger charge is 2.16. The number of sulfonamides is 1. The summed E-state index contributed by atoms with van der Waals surface area (Å²) in [5, 5.41) is 3.88. The normalized spacial score (nSPS) is 11.4. The molecule has 1 aromatic heterocycles. The van der Waals surface area contributed by atoms with Crippen molar-refractivity contribution in [2.45, 2.75) is 4.90 Å². The Morgan fingerprint density at radius 3 is 2.67 bits per heavy atom. The average molecular weight is 331 g/mol. The molecular weight excluding hydrogens is 320 g/mol. The molecule has 6 nitrogen and oxygen atoms in total. The lowest BCUT2D eigenvalue weighted by Gasteiger charge is -2.09. The van der Waals surface area contributed by atoms with E-state index in [2.05, 4.69) is 25.8 Å². The number of nitrogen functional groups attached to an aromatic ring is 1. The summed E-state index contributed by atoms with van der Waals surface area (Å²) in [6.07, 6.45) is 1.51. The number of halogens is 1. The summed E-state index contributed by atoms with van der Waals surface area (Å²) < 4.78 is 28.7. The fraction of sp³-hybridized carbons (Fsp3) is 0.100. The molecule has 0 radical (unpaired) electrons. The maximum atomic E-state index is 12.1. The van der Waals surface area contributed by atoms with Crippen molar-refractivity contribution in [1.29, 1.82) is 0 Å². The Kier molecular flexibility index (Phi) is 3.31. The zero-order valence-electron chi connectivity index (χ0n) is 9.46. The van der Waals surface area contributed by atoms with Crippen LogP contribution in [0.1, 0.15) is 0 Å². The van der Waals surface area contributed by atoms with Gasteiger partial charge in [-0.3, -0.25) is 9.40 Å². The summed E-state index contributed by atoms with van der Waals surface area (Å²) in [6, 6.07) is 6.02. The Balaban J connectivity index is 2.37. The highest BCUT2D eigenvalue weighted by molar-refractivity contribution is 9.10. The van der Waals surface area contributed by atoms with Crippen LogP contribution in [0, 0.1) is 0 Å². The van der Waals surface area contributed by atoms with E-state index in [4.69, 9.17) is 5.73 Å². The van der Waals surface area contributed by atoms with E-state index in [9.17, 15) is 8.42 Å². The molecule has 0 aliphatic heterocycles. The third-order valence-corrected chi connectivity index (χ3v) is 4.41. The first-order valence-corrected chi connectivity index (χ1v) is 7.23. The van der Waals surface area contributed by atoms with Crippen LogP contribution in [0.2, 0.25) is 0 Å². The van der Waals surface area contributed by atoms with Crippen molar-refractivity contribution in [2.75, 3.05) is 10.5 Å². The topological polar surface area (TPSA) is 90.0 Å². The fourth-order valence-corrected chi connectivity index (χ4v) is 2.73. The molecule has 1 heterocycles.